The number of halogens is 1. The second kappa shape index (κ2) is 6.06. The largest absolute Gasteiger partial charge is 0.373 e. The molecular weight excluding hydrogens is 363 g/mol. The zero-order valence-corrected chi connectivity index (χ0v) is 13.2. The Bertz CT molecular complexity index is 619. The van der Waals surface area contributed by atoms with Crippen LogP contribution in [0.5, 0.6) is 0 Å². The molecule has 0 unspecified atom stereocenters. The van der Waals surface area contributed by atoms with Gasteiger partial charge in [0, 0.05) is 15.6 Å². The molecular formula is C17H15IO2. The number of ketones is 1. The summed E-state index contributed by atoms with van der Waals surface area (Å²) in [5.41, 5.74) is 3.23. The van der Waals surface area contributed by atoms with Crippen molar-refractivity contribution in [1.82, 2.24) is 0 Å². The fourth-order valence-electron chi connectivity index (χ4n) is 2.57. The van der Waals surface area contributed by atoms with E-state index in [0.717, 1.165) is 21.1 Å². The highest BCUT2D eigenvalue weighted by Crippen LogP contribution is 2.30. The number of carbonyl (C=O) groups excluding carboxylic acids is 1. The van der Waals surface area contributed by atoms with E-state index >= 15 is 0 Å². The van der Waals surface area contributed by atoms with Gasteiger partial charge in [0.1, 0.15) is 0 Å². The number of carbonyl (C=O) groups is 1. The third kappa shape index (κ3) is 2.94. The second-order valence-electron chi connectivity index (χ2n) is 4.94. The van der Waals surface area contributed by atoms with E-state index in [1.54, 1.807) is 0 Å². The normalized spacial score (nSPS) is 17.6. The molecule has 2 aromatic carbocycles. The summed E-state index contributed by atoms with van der Waals surface area (Å²) >= 11 is 2.24. The first-order valence-corrected chi connectivity index (χ1v) is 7.80. The number of fused-ring (bicyclic) bond motifs is 1. The fraction of sp³-hybridized carbons (Fsp3) is 0.235. The molecule has 0 fully saturated rings. The Hall–Kier alpha value is -1.20. The van der Waals surface area contributed by atoms with Crippen molar-refractivity contribution in [2.75, 3.05) is 6.61 Å². The van der Waals surface area contributed by atoms with Crippen LogP contribution in [-0.2, 0) is 11.2 Å². The van der Waals surface area contributed by atoms with Crippen molar-refractivity contribution in [1.29, 1.82) is 0 Å². The monoisotopic (exact) mass is 378 g/mol. The maximum atomic E-state index is 12.4. The number of ether oxygens (including phenoxy) is 1. The van der Waals surface area contributed by atoms with Gasteiger partial charge in [-0.05, 0) is 52.3 Å². The maximum Gasteiger partial charge on any atom is 0.165 e. The molecule has 2 nitrogen and oxygen atoms in total. The first kappa shape index (κ1) is 13.8. The van der Waals surface area contributed by atoms with Crippen molar-refractivity contribution in [3.63, 3.8) is 0 Å². The number of hydrogen-bond acceptors (Lipinski definition) is 2. The molecule has 1 aliphatic heterocycles. The molecule has 0 saturated carbocycles. The molecule has 102 valence electrons. The molecule has 0 aromatic heterocycles. The molecule has 2 aromatic rings. The molecule has 20 heavy (non-hydrogen) atoms. The van der Waals surface area contributed by atoms with Gasteiger partial charge in [0.15, 0.2) is 5.78 Å². The highest BCUT2D eigenvalue weighted by atomic mass is 127. The first-order valence-electron chi connectivity index (χ1n) is 6.72. The summed E-state index contributed by atoms with van der Waals surface area (Å²) in [4.78, 5) is 12.4. The van der Waals surface area contributed by atoms with Crippen LogP contribution >= 0.6 is 22.6 Å². The van der Waals surface area contributed by atoms with Gasteiger partial charge in [-0.3, -0.25) is 4.79 Å². The van der Waals surface area contributed by atoms with Crippen LogP contribution in [0.25, 0.3) is 0 Å². The Morgan fingerprint density at radius 3 is 2.70 bits per heavy atom. The third-order valence-corrected chi connectivity index (χ3v) is 4.35. The van der Waals surface area contributed by atoms with Crippen LogP contribution in [-0.4, -0.2) is 12.4 Å². The smallest absolute Gasteiger partial charge is 0.165 e. The standard InChI is InChI=1S/C17H15IO2/c18-14-7-5-13(6-8-14)16(19)11-17-15-4-2-1-3-12(15)9-10-20-17/h1-8,17H,9-11H2/t17-/m1/s1. The van der Waals surface area contributed by atoms with E-state index in [1.165, 1.54) is 5.56 Å². The summed E-state index contributed by atoms with van der Waals surface area (Å²) in [6, 6.07) is 15.9. The molecule has 1 atom stereocenters. The quantitative estimate of drug-likeness (QED) is 0.592. The van der Waals surface area contributed by atoms with Crippen molar-refractivity contribution in [2.45, 2.75) is 18.9 Å². The third-order valence-electron chi connectivity index (χ3n) is 3.63. The SMILES string of the molecule is O=C(C[C@H]1OCCc2ccccc21)c1ccc(I)cc1. The second-order valence-corrected chi connectivity index (χ2v) is 6.19. The van der Waals surface area contributed by atoms with E-state index in [-0.39, 0.29) is 11.9 Å². The molecule has 3 rings (SSSR count). The van der Waals surface area contributed by atoms with Gasteiger partial charge in [0.2, 0.25) is 0 Å². The molecule has 0 N–H and O–H groups in total. The van der Waals surface area contributed by atoms with E-state index in [0.29, 0.717) is 13.0 Å². The Morgan fingerprint density at radius 1 is 1.15 bits per heavy atom. The number of rotatable bonds is 3. The summed E-state index contributed by atoms with van der Waals surface area (Å²) in [5.74, 6) is 0.142. The van der Waals surface area contributed by atoms with Crippen LogP contribution in [0.2, 0.25) is 0 Å². The summed E-state index contributed by atoms with van der Waals surface area (Å²) in [6.07, 6.45) is 1.24. The van der Waals surface area contributed by atoms with E-state index < -0.39 is 0 Å². The van der Waals surface area contributed by atoms with E-state index in [2.05, 4.69) is 34.7 Å². The van der Waals surface area contributed by atoms with Crippen molar-refractivity contribution in [2.24, 2.45) is 0 Å². The van der Waals surface area contributed by atoms with Gasteiger partial charge in [0.05, 0.1) is 12.7 Å². The predicted octanol–water partition coefficient (Wildman–Crippen LogP) is 4.18. The van der Waals surface area contributed by atoms with Crippen LogP contribution < -0.4 is 0 Å². The average Bonchev–Trinajstić information content (AvgIpc) is 2.48. The van der Waals surface area contributed by atoms with Crippen LogP contribution in [0.4, 0.5) is 0 Å². The molecule has 0 aliphatic carbocycles. The first-order chi connectivity index (χ1) is 9.74. The molecule has 0 bridgehead atoms. The molecule has 0 spiro atoms. The molecule has 1 aliphatic rings. The average molecular weight is 378 g/mol. The van der Waals surface area contributed by atoms with Gasteiger partial charge in [-0.25, -0.2) is 0 Å². The van der Waals surface area contributed by atoms with Gasteiger partial charge >= 0.3 is 0 Å². The maximum absolute atomic E-state index is 12.4. The van der Waals surface area contributed by atoms with E-state index in [4.69, 9.17) is 4.74 Å². The minimum atomic E-state index is -0.105. The zero-order valence-electron chi connectivity index (χ0n) is 11.0. The van der Waals surface area contributed by atoms with Crippen LogP contribution in [0.15, 0.2) is 48.5 Å². The van der Waals surface area contributed by atoms with Gasteiger partial charge < -0.3 is 4.74 Å². The van der Waals surface area contributed by atoms with Crippen molar-refractivity contribution in [3.8, 4) is 0 Å². The molecule has 1 heterocycles. The van der Waals surface area contributed by atoms with Gasteiger partial charge in [0.25, 0.3) is 0 Å². The fourth-order valence-corrected chi connectivity index (χ4v) is 2.93. The minimum absolute atomic E-state index is 0.105. The zero-order chi connectivity index (χ0) is 13.9. The number of Topliss-reactive ketones (excluding diaryl/α,β-unsaturated/α-hetero) is 1. The summed E-state index contributed by atoms with van der Waals surface area (Å²) < 4.78 is 6.94. The number of benzene rings is 2. The van der Waals surface area contributed by atoms with Crippen LogP contribution in [0.3, 0.4) is 0 Å². The number of hydrogen-bond donors (Lipinski definition) is 0. The highest BCUT2D eigenvalue weighted by molar-refractivity contribution is 14.1. The van der Waals surface area contributed by atoms with Crippen molar-refractivity contribution in [3.05, 3.63) is 68.8 Å². The van der Waals surface area contributed by atoms with Gasteiger partial charge in [-0.2, -0.15) is 0 Å². The van der Waals surface area contributed by atoms with Crippen molar-refractivity contribution >= 4 is 28.4 Å². The Kier molecular flexibility index (Phi) is 4.17. The lowest BCUT2D eigenvalue weighted by Crippen LogP contribution is -2.19. The minimum Gasteiger partial charge on any atom is -0.373 e. The van der Waals surface area contributed by atoms with Gasteiger partial charge in [-0.1, -0.05) is 36.4 Å². The van der Waals surface area contributed by atoms with Crippen LogP contribution in [0.1, 0.15) is 34.0 Å². The van der Waals surface area contributed by atoms with E-state index in [1.807, 2.05) is 36.4 Å². The summed E-state index contributed by atoms with van der Waals surface area (Å²) in [6.45, 7) is 0.696. The van der Waals surface area contributed by atoms with Gasteiger partial charge in [-0.15, -0.1) is 0 Å². The highest BCUT2D eigenvalue weighted by Gasteiger charge is 2.23. The lowest BCUT2D eigenvalue weighted by Gasteiger charge is -2.25. The van der Waals surface area contributed by atoms with E-state index in [9.17, 15) is 4.79 Å². The molecule has 0 radical (unpaired) electrons. The Morgan fingerprint density at radius 2 is 1.90 bits per heavy atom. The van der Waals surface area contributed by atoms with Crippen LogP contribution in [0, 0.1) is 3.57 Å². The summed E-state index contributed by atoms with van der Waals surface area (Å²) in [7, 11) is 0. The summed E-state index contributed by atoms with van der Waals surface area (Å²) in [5, 5.41) is 0. The lowest BCUT2D eigenvalue weighted by atomic mass is 9.93. The lowest BCUT2D eigenvalue weighted by molar-refractivity contribution is 0.0352. The topological polar surface area (TPSA) is 26.3 Å². The predicted molar refractivity (Wildman–Crippen MR) is 86.9 cm³/mol. The Balaban J connectivity index is 1.79. The molecule has 3 heteroatoms. The molecule has 0 saturated heterocycles. The Labute approximate surface area is 132 Å². The molecule has 0 amide bonds. The van der Waals surface area contributed by atoms with Crippen molar-refractivity contribution < 1.29 is 9.53 Å².